The second kappa shape index (κ2) is 5.17. The first-order valence-electron chi connectivity index (χ1n) is 4.78. The van der Waals surface area contributed by atoms with E-state index in [1.165, 1.54) is 0 Å². The number of anilines is 1. The summed E-state index contributed by atoms with van der Waals surface area (Å²) >= 11 is 11.0. The summed E-state index contributed by atoms with van der Waals surface area (Å²) in [4.78, 5) is 4.27. The van der Waals surface area contributed by atoms with Crippen molar-refractivity contribution in [2.45, 2.75) is 13.0 Å². The zero-order valence-electron chi connectivity index (χ0n) is 8.58. The number of benzene rings is 1. The fraction of sp³-hybridized carbons (Fsp3) is 0.182. The number of nitrogens with zero attached hydrogens (tertiary/aromatic N) is 1. The van der Waals surface area contributed by atoms with E-state index in [2.05, 4.69) is 33.2 Å². The third-order valence-electron chi connectivity index (χ3n) is 2.12. The highest BCUT2D eigenvalue weighted by molar-refractivity contribution is 9.10. The molecule has 0 fully saturated rings. The predicted octanol–water partition coefficient (Wildman–Crippen LogP) is 4.73. The summed E-state index contributed by atoms with van der Waals surface area (Å²) < 4.78 is 0.961. The van der Waals surface area contributed by atoms with E-state index in [0.29, 0.717) is 0 Å². The highest BCUT2D eigenvalue weighted by Gasteiger charge is 2.09. The highest BCUT2D eigenvalue weighted by atomic mass is 79.9. The van der Waals surface area contributed by atoms with Crippen LogP contribution < -0.4 is 5.32 Å². The third kappa shape index (κ3) is 2.75. The van der Waals surface area contributed by atoms with Crippen molar-refractivity contribution in [3.05, 3.63) is 44.3 Å². The molecule has 1 unspecified atom stereocenters. The van der Waals surface area contributed by atoms with Crippen LogP contribution in [0.1, 0.15) is 18.0 Å². The zero-order valence-corrected chi connectivity index (χ0v) is 11.7. The lowest BCUT2D eigenvalue weighted by atomic mass is 10.3. The first-order valence-corrected chi connectivity index (χ1v) is 6.83. The van der Waals surface area contributed by atoms with Gasteiger partial charge in [-0.1, -0.05) is 11.6 Å². The molecule has 16 heavy (non-hydrogen) atoms. The van der Waals surface area contributed by atoms with E-state index < -0.39 is 0 Å². The molecule has 2 rings (SSSR count). The topological polar surface area (TPSA) is 24.9 Å². The van der Waals surface area contributed by atoms with Gasteiger partial charge in [0.25, 0.3) is 0 Å². The minimum Gasteiger partial charge on any atom is -0.375 e. The molecule has 84 valence electrons. The third-order valence-corrected chi connectivity index (χ3v) is 3.97. The average Bonchev–Trinajstić information content (AvgIpc) is 2.75. The second-order valence-corrected chi connectivity index (χ2v) is 5.58. The first-order chi connectivity index (χ1) is 7.66. The molecule has 1 N–H and O–H groups in total. The first kappa shape index (κ1) is 11.9. The van der Waals surface area contributed by atoms with Crippen molar-refractivity contribution in [3.8, 4) is 0 Å². The van der Waals surface area contributed by atoms with Crippen LogP contribution in [0.25, 0.3) is 0 Å². The maximum atomic E-state index is 5.88. The number of nitrogens with one attached hydrogen (secondary N) is 1. The molecule has 1 aromatic carbocycles. The lowest BCUT2D eigenvalue weighted by molar-refractivity contribution is 0.869. The SMILES string of the molecule is CC(Nc1ccc(Cl)cc1Br)c1nccs1. The highest BCUT2D eigenvalue weighted by Crippen LogP contribution is 2.29. The molecule has 0 radical (unpaired) electrons. The minimum absolute atomic E-state index is 0.192. The summed E-state index contributed by atoms with van der Waals surface area (Å²) in [5.41, 5.74) is 1.02. The summed E-state index contributed by atoms with van der Waals surface area (Å²) in [5, 5.41) is 7.15. The van der Waals surface area contributed by atoms with Gasteiger partial charge in [0.1, 0.15) is 5.01 Å². The molecule has 5 heteroatoms. The predicted molar refractivity (Wildman–Crippen MR) is 73.3 cm³/mol. The van der Waals surface area contributed by atoms with Crippen LogP contribution in [0.4, 0.5) is 5.69 Å². The normalized spacial score (nSPS) is 12.4. The van der Waals surface area contributed by atoms with Crippen LogP contribution in [0.15, 0.2) is 34.2 Å². The van der Waals surface area contributed by atoms with E-state index in [0.717, 1.165) is 20.2 Å². The van der Waals surface area contributed by atoms with Crippen molar-refractivity contribution in [1.82, 2.24) is 4.98 Å². The van der Waals surface area contributed by atoms with Gasteiger partial charge in [-0.15, -0.1) is 11.3 Å². The Morgan fingerprint density at radius 1 is 1.50 bits per heavy atom. The van der Waals surface area contributed by atoms with Gasteiger partial charge in [0.2, 0.25) is 0 Å². The molecule has 2 nitrogen and oxygen atoms in total. The molecule has 0 amide bonds. The van der Waals surface area contributed by atoms with Crippen molar-refractivity contribution in [2.75, 3.05) is 5.32 Å². The van der Waals surface area contributed by atoms with Crippen LogP contribution in [0, 0.1) is 0 Å². The molecule has 0 saturated carbocycles. The van der Waals surface area contributed by atoms with Gasteiger partial charge in [0.05, 0.1) is 6.04 Å². The molecule has 0 aliphatic rings. The quantitative estimate of drug-likeness (QED) is 0.885. The number of hydrogen-bond donors (Lipinski definition) is 1. The van der Waals surface area contributed by atoms with E-state index in [4.69, 9.17) is 11.6 Å². The molecule has 0 spiro atoms. The maximum Gasteiger partial charge on any atom is 0.115 e. The fourth-order valence-corrected chi connectivity index (χ4v) is 2.79. The molecular formula is C11H10BrClN2S. The largest absolute Gasteiger partial charge is 0.375 e. The van der Waals surface area contributed by atoms with E-state index >= 15 is 0 Å². The fourth-order valence-electron chi connectivity index (χ4n) is 1.35. The molecule has 0 saturated heterocycles. The Kier molecular flexibility index (Phi) is 3.84. The Labute approximate surface area is 112 Å². The van der Waals surface area contributed by atoms with Crippen LogP contribution in [-0.2, 0) is 0 Å². The summed E-state index contributed by atoms with van der Waals surface area (Å²) in [5.74, 6) is 0. The number of hydrogen-bond acceptors (Lipinski definition) is 3. The molecule has 0 aliphatic heterocycles. The van der Waals surface area contributed by atoms with Crippen LogP contribution in [-0.4, -0.2) is 4.98 Å². The van der Waals surface area contributed by atoms with Gasteiger partial charge in [-0.05, 0) is 41.1 Å². The number of thiazole rings is 1. The molecular weight excluding hydrogens is 308 g/mol. The molecule has 1 heterocycles. The van der Waals surface area contributed by atoms with Crippen molar-refractivity contribution in [2.24, 2.45) is 0 Å². The van der Waals surface area contributed by atoms with Crippen LogP contribution >= 0.6 is 38.9 Å². The van der Waals surface area contributed by atoms with Gasteiger partial charge < -0.3 is 5.32 Å². The van der Waals surface area contributed by atoms with E-state index in [1.807, 2.05) is 29.8 Å². The molecule has 0 bridgehead atoms. The Balaban J connectivity index is 2.15. The standard InChI is InChI=1S/C11H10BrClN2S/c1-7(11-14-4-5-16-11)15-10-3-2-8(13)6-9(10)12/h2-7,15H,1H3. The van der Waals surface area contributed by atoms with E-state index in [-0.39, 0.29) is 6.04 Å². The Morgan fingerprint density at radius 2 is 2.31 bits per heavy atom. The van der Waals surface area contributed by atoms with Gasteiger partial charge in [-0.2, -0.15) is 0 Å². The minimum atomic E-state index is 0.192. The van der Waals surface area contributed by atoms with E-state index in [1.54, 1.807) is 11.3 Å². The smallest absolute Gasteiger partial charge is 0.115 e. The van der Waals surface area contributed by atoms with Crippen molar-refractivity contribution >= 4 is 44.6 Å². The second-order valence-electron chi connectivity index (χ2n) is 3.36. The number of aromatic nitrogens is 1. The van der Waals surface area contributed by atoms with Gasteiger partial charge in [0, 0.05) is 26.8 Å². The Bertz CT molecular complexity index is 473. The molecule has 0 aliphatic carbocycles. The van der Waals surface area contributed by atoms with Gasteiger partial charge in [0.15, 0.2) is 0 Å². The maximum absolute atomic E-state index is 5.88. The van der Waals surface area contributed by atoms with Crippen LogP contribution in [0.3, 0.4) is 0 Å². The monoisotopic (exact) mass is 316 g/mol. The van der Waals surface area contributed by atoms with Crippen LogP contribution in [0.5, 0.6) is 0 Å². The Morgan fingerprint density at radius 3 is 2.94 bits per heavy atom. The van der Waals surface area contributed by atoms with Gasteiger partial charge >= 0.3 is 0 Å². The lowest BCUT2D eigenvalue weighted by Gasteiger charge is -2.14. The zero-order chi connectivity index (χ0) is 11.5. The average molecular weight is 318 g/mol. The van der Waals surface area contributed by atoms with Crippen molar-refractivity contribution < 1.29 is 0 Å². The molecule has 1 aromatic heterocycles. The van der Waals surface area contributed by atoms with Gasteiger partial charge in [-0.3, -0.25) is 0 Å². The summed E-state index contributed by atoms with van der Waals surface area (Å²) in [7, 11) is 0. The summed E-state index contributed by atoms with van der Waals surface area (Å²) in [6.45, 7) is 2.08. The summed E-state index contributed by atoms with van der Waals surface area (Å²) in [6.07, 6.45) is 1.81. The molecule has 2 aromatic rings. The lowest BCUT2D eigenvalue weighted by Crippen LogP contribution is -2.06. The Hall–Kier alpha value is -0.580. The van der Waals surface area contributed by atoms with Crippen molar-refractivity contribution in [1.29, 1.82) is 0 Å². The molecule has 1 atom stereocenters. The number of halogens is 2. The van der Waals surface area contributed by atoms with Crippen LogP contribution in [0.2, 0.25) is 5.02 Å². The summed E-state index contributed by atoms with van der Waals surface area (Å²) in [6, 6.07) is 5.88. The van der Waals surface area contributed by atoms with Gasteiger partial charge in [-0.25, -0.2) is 4.98 Å². The van der Waals surface area contributed by atoms with E-state index in [9.17, 15) is 0 Å². The van der Waals surface area contributed by atoms with Crippen molar-refractivity contribution in [3.63, 3.8) is 0 Å². The number of rotatable bonds is 3.